The summed E-state index contributed by atoms with van der Waals surface area (Å²) >= 11 is 0. The molecule has 1 atom stereocenters. The first-order valence-corrected chi connectivity index (χ1v) is 8.06. The maximum atomic E-state index is 4.44. The van der Waals surface area contributed by atoms with E-state index in [2.05, 4.69) is 54.7 Å². The van der Waals surface area contributed by atoms with E-state index in [9.17, 15) is 0 Å². The molecular formula is C18H27N3. The van der Waals surface area contributed by atoms with E-state index >= 15 is 0 Å². The standard InChI is InChI=1S/C18H27N3/c1-3-4-6-9-16(2)19-12-18-13-20-21(15-18)14-17-10-7-5-8-11-17/h5,7-8,10-11,13,15-16,19H,3-4,6,9,12,14H2,1-2H3. The lowest BCUT2D eigenvalue weighted by atomic mass is 10.1. The van der Waals surface area contributed by atoms with E-state index in [1.807, 2.05) is 16.9 Å². The maximum Gasteiger partial charge on any atom is 0.0659 e. The Hall–Kier alpha value is -1.61. The van der Waals surface area contributed by atoms with Crippen molar-refractivity contribution in [1.82, 2.24) is 15.1 Å². The van der Waals surface area contributed by atoms with Crippen molar-refractivity contribution in [1.29, 1.82) is 0 Å². The van der Waals surface area contributed by atoms with Crippen LogP contribution in [0, 0.1) is 0 Å². The average Bonchev–Trinajstić information content (AvgIpc) is 2.94. The van der Waals surface area contributed by atoms with Crippen molar-refractivity contribution in [2.24, 2.45) is 0 Å². The number of nitrogens with zero attached hydrogens (tertiary/aromatic N) is 2. The number of nitrogens with one attached hydrogen (secondary N) is 1. The van der Waals surface area contributed by atoms with Gasteiger partial charge in [-0.1, -0.05) is 56.5 Å². The first-order chi connectivity index (χ1) is 10.3. The fourth-order valence-electron chi connectivity index (χ4n) is 2.45. The Balaban J connectivity index is 1.75. The Morgan fingerprint density at radius 1 is 1.14 bits per heavy atom. The van der Waals surface area contributed by atoms with Gasteiger partial charge < -0.3 is 5.32 Å². The molecule has 114 valence electrons. The van der Waals surface area contributed by atoms with Crippen molar-refractivity contribution in [3.63, 3.8) is 0 Å². The summed E-state index contributed by atoms with van der Waals surface area (Å²) in [6, 6.07) is 11.0. The fraction of sp³-hybridized carbons (Fsp3) is 0.500. The summed E-state index contributed by atoms with van der Waals surface area (Å²) in [5.41, 5.74) is 2.54. The van der Waals surface area contributed by atoms with Gasteiger partial charge in [-0.2, -0.15) is 5.10 Å². The third kappa shape index (κ3) is 5.72. The van der Waals surface area contributed by atoms with Crippen LogP contribution in [0.2, 0.25) is 0 Å². The summed E-state index contributed by atoms with van der Waals surface area (Å²) < 4.78 is 2.01. The van der Waals surface area contributed by atoms with Crippen molar-refractivity contribution in [3.8, 4) is 0 Å². The smallest absolute Gasteiger partial charge is 0.0659 e. The summed E-state index contributed by atoms with van der Waals surface area (Å²) in [6.07, 6.45) is 9.30. The minimum atomic E-state index is 0.578. The SMILES string of the molecule is CCCCCC(C)NCc1cnn(Cc2ccccc2)c1. The molecule has 3 heteroatoms. The van der Waals surface area contributed by atoms with Gasteiger partial charge in [0.05, 0.1) is 12.7 Å². The van der Waals surface area contributed by atoms with Crippen LogP contribution in [0.3, 0.4) is 0 Å². The van der Waals surface area contributed by atoms with E-state index in [0.717, 1.165) is 13.1 Å². The second kappa shape index (κ2) is 8.63. The van der Waals surface area contributed by atoms with Gasteiger partial charge >= 0.3 is 0 Å². The third-order valence-electron chi connectivity index (χ3n) is 3.77. The Morgan fingerprint density at radius 3 is 2.71 bits per heavy atom. The van der Waals surface area contributed by atoms with Crippen LogP contribution in [0.25, 0.3) is 0 Å². The molecule has 1 unspecified atom stereocenters. The van der Waals surface area contributed by atoms with Crippen LogP contribution in [-0.4, -0.2) is 15.8 Å². The number of hydrogen-bond acceptors (Lipinski definition) is 2. The predicted molar refractivity (Wildman–Crippen MR) is 88.2 cm³/mol. The highest BCUT2D eigenvalue weighted by atomic mass is 15.3. The summed E-state index contributed by atoms with van der Waals surface area (Å²) in [5, 5.41) is 8.02. The van der Waals surface area contributed by atoms with Gasteiger partial charge in [-0.25, -0.2) is 0 Å². The van der Waals surface area contributed by atoms with Crippen molar-refractivity contribution in [3.05, 3.63) is 53.9 Å². The zero-order valence-corrected chi connectivity index (χ0v) is 13.3. The fourth-order valence-corrected chi connectivity index (χ4v) is 2.45. The van der Waals surface area contributed by atoms with E-state index in [1.54, 1.807) is 0 Å². The first-order valence-electron chi connectivity index (χ1n) is 8.06. The molecule has 0 aliphatic rings. The zero-order valence-electron chi connectivity index (χ0n) is 13.3. The highest BCUT2D eigenvalue weighted by Crippen LogP contribution is 2.06. The van der Waals surface area contributed by atoms with Crippen LogP contribution in [-0.2, 0) is 13.1 Å². The molecule has 0 amide bonds. The van der Waals surface area contributed by atoms with Gasteiger partial charge in [-0.15, -0.1) is 0 Å². The first kappa shape index (κ1) is 15.8. The monoisotopic (exact) mass is 285 g/mol. The quantitative estimate of drug-likeness (QED) is 0.706. The van der Waals surface area contributed by atoms with E-state index in [-0.39, 0.29) is 0 Å². The number of benzene rings is 1. The lowest BCUT2D eigenvalue weighted by Gasteiger charge is -2.12. The zero-order chi connectivity index (χ0) is 14.9. The summed E-state index contributed by atoms with van der Waals surface area (Å²) in [4.78, 5) is 0. The van der Waals surface area contributed by atoms with E-state index in [0.29, 0.717) is 6.04 Å². The summed E-state index contributed by atoms with van der Waals surface area (Å²) in [5.74, 6) is 0. The van der Waals surface area contributed by atoms with Gasteiger partial charge in [-0.05, 0) is 18.9 Å². The van der Waals surface area contributed by atoms with Gasteiger partial charge in [0.1, 0.15) is 0 Å². The minimum absolute atomic E-state index is 0.578. The molecule has 0 fully saturated rings. The number of unbranched alkanes of at least 4 members (excludes halogenated alkanes) is 2. The summed E-state index contributed by atoms with van der Waals surface area (Å²) in [6.45, 7) is 6.26. The normalized spacial score (nSPS) is 12.5. The van der Waals surface area contributed by atoms with Crippen LogP contribution in [0.5, 0.6) is 0 Å². The highest BCUT2D eigenvalue weighted by Gasteiger charge is 2.03. The topological polar surface area (TPSA) is 29.9 Å². The largest absolute Gasteiger partial charge is 0.310 e. The predicted octanol–water partition coefficient (Wildman–Crippen LogP) is 3.99. The number of aromatic nitrogens is 2. The molecule has 0 bridgehead atoms. The molecule has 0 aliphatic carbocycles. The molecule has 1 aromatic carbocycles. The van der Waals surface area contributed by atoms with Gasteiger partial charge in [0.15, 0.2) is 0 Å². The van der Waals surface area contributed by atoms with Gasteiger partial charge in [0.2, 0.25) is 0 Å². The summed E-state index contributed by atoms with van der Waals surface area (Å²) in [7, 11) is 0. The molecule has 2 rings (SSSR count). The molecule has 21 heavy (non-hydrogen) atoms. The van der Waals surface area contributed by atoms with Gasteiger partial charge in [-0.3, -0.25) is 4.68 Å². The molecule has 1 heterocycles. The molecule has 0 saturated carbocycles. The highest BCUT2D eigenvalue weighted by molar-refractivity contribution is 5.15. The Kier molecular flexibility index (Phi) is 6.48. The molecule has 1 N–H and O–H groups in total. The van der Waals surface area contributed by atoms with Crippen molar-refractivity contribution < 1.29 is 0 Å². The average molecular weight is 285 g/mol. The number of hydrogen-bond donors (Lipinski definition) is 1. The molecule has 0 spiro atoms. The minimum Gasteiger partial charge on any atom is -0.310 e. The lowest BCUT2D eigenvalue weighted by molar-refractivity contribution is 0.487. The third-order valence-corrected chi connectivity index (χ3v) is 3.77. The van der Waals surface area contributed by atoms with Crippen LogP contribution >= 0.6 is 0 Å². The van der Waals surface area contributed by atoms with Crippen molar-refractivity contribution >= 4 is 0 Å². The van der Waals surface area contributed by atoms with Crippen LogP contribution in [0.4, 0.5) is 0 Å². The maximum absolute atomic E-state index is 4.44. The van der Waals surface area contributed by atoms with E-state index in [1.165, 1.54) is 36.8 Å². The second-order valence-electron chi connectivity index (χ2n) is 5.81. The molecule has 0 saturated heterocycles. The lowest BCUT2D eigenvalue weighted by Crippen LogP contribution is -2.25. The van der Waals surface area contributed by atoms with Crippen LogP contribution in [0.15, 0.2) is 42.7 Å². The van der Waals surface area contributed by atoms with Crippen molar-refractivity contribution in [2.45, 2.75) is 58.7 Å². The molecule has 1 aromatic heterocycles. The van der Waals surface area contributed by atoms with E-state index < -0.39 is 0 Å². The Labute approximate surface area is 128 Å². The molecule has 2 aromatic rings. The van der Waals surface area contributed by atoms with Crippen LogP contribution in [0.1, 0.15) is 50.7 Å². The van der Waals surface area contributed by atoms with Crippen molar-refractivity contribution in [2.75, 3.05) is 0 Å². The van der Waals surface area contributed by atoms with E-state index in [4.69, 9.17) is 0 Å². The Morgan fingerprint density at radius 2 is 1.95 bits per heavy atom. The molecule has 3 nitrogen and oxygen atoms in total. The van der Waals surface area contributed by atoms with Gasteiger partial charge in [0.25, 0.3) is 0 Å². The second-order valence-corrected chi connectivity index (χ2v) is 5.81. The number of rotatable bonds is 9. The molecule has 0 radical (unpaired) electrons. The Bertz CT molecular complexity index is 504. The molecular weight excluding hydrogens is 258 g/mol. The van der Waals surface area contributed by atoms with Crippen LogP contribution < -0.4 is 5.32 Å². The van der Waals surface area contributed by atoms with Gasteiger partial charge in [0, 0.05) is 24.3 Å². The molecule has 0 aliphatic heterocycles.